The molecule has 1 aliphatic heterocycles. The lowest BCUT2D eigenvalue weighted by Gasteiger charge is -2.32. The first-order valence-electron chi connectivity index (χ1n) is 10.7. The fourth-order valence-corrected chi connectivity index (χ4v) is 3.35. The van der Waals surface area contributed by atoms with Crippen molar-refractivity contribution in [2.24, 2.45) is 0 Å². The van der Waals surface area contributed by atoms with Crippen LogP contribution in [0.25, 0.3) is 0 Å². The summed E-state index contributed by atoms with van der Waals surface area (Å²) in [5.41, 5.74) is 0.871. The van der Waals surface area contributed by atoms with Gasteiger partial charge in [0.05, 0.1) is 19.8 Å². The molecule has 3 rings (SSSR count). The van der Waals surface area contributed by atoms with Gasteiger partial charge in [0.15, 0.2) is 0 Å². The fourth-order valence-electron chi connectivity index (χ4n) is 3.22. The molecule has 0 radical (unpaired) electrons. The van der Waals surface area contributed by atoms with Crippen LogP contribution in [0.3, 0.4) is 0 Å². The second-order valence-corrected chi connectivity index (χ2v) is 8.35. The van der Waals surface area contributed by atoms with Gasteiger partial charge in [-0.05, 0) is 37.6 Å². The summed E-state index contributed by atoms with van der Waals surface area (Å²) in [5, 5.41) is 0.670. The zero-order valence-corrected chi connectivity index (χ0v) is 19.1. The van der Waals surface area contributed by atoms with Crippen LogP contribution in [0.1, 0.15) is 44.1 Å². The number of nitrogens with zero attached hydrogens (tertiary/aromatic N) is 3. The highest BCUT2D eigenvalue weighted by Gasteiger charge is 2.24. The minimum Gasteiger partial charge on any atom is -0.494 e. The number of carbonyl (C=O) groups is 1. The van der Waals surface area contributed by atoms with Gasteiger partial charge in [0, 0.05) is 35.7 Å². The second kappa shape index (κ2) is 11.3. The minimum absolute atomic E-state index is 0.105. The van der Waals surface area contributed by atoms with E-state index in [1.807, 2.05) is 43.9 Å². The van der Waals surface area contributed by atoms with E-state index >= 15 is 0 Å². The first kappa shape index (κ1) is 23.3. The molecule has 1 aromatic heterocycles. The van der Waals surface area contributed by atoms with Gasteiger partial charge in [0.25, 0.3) is 0 Å². The van der Waals surface area contributed by atoms with E-state index in [1.54, 1.807) is 12.1 Å². The van der Waals surface area contributed by atoms with E-state index in [0.717, 1.165) is 17.3 Å². The van der Waals surface area contributed by atoms with Crippen molar-refractivity contribution in [1.82, 2.24) is 14.9 Å². The number of aromatic nitrogens is 2. The molecule has 168 valence electrons. The second-order valence-electron chi connectivity index (χ2n) is 7.91. The van der Waals surface area contributed by atoms with Gasteiger partial charge in [0.2, 0.25) is 11.8 Å². The quantitative estimate of drug-likeness (QED) is 0.540. The van der Waals surface area contributed by atoms with Crippen molar-refractivity contribution >= 4 is 17.5 Å². The van der Waals surface area contributed by atoms with Crippen LogP contribution in [0.2, 0.25) is 5.02 Å². The van der Waals surface area contributed by atoms with E-state index in [2.05, 4.69) is 9.97 Å². The van der Waals surface area contributed by atoms with Gasteiger partial charge >= 0.3 is 0 Å². The van der Waals surface area contributed by atoms with Crippen LogP contribution in [-0.4, -0.2) is 59.8 Å². The van der Waals surface area contributed by atoms with E-state index in [9.17, 15) is 4.79 Å². The number of hydrogen-bond acceptors (Lipinski definition) is 6. The summed E-state index contributed by atoms with van der Waals surface area (Å²) in [7, 11) is 0. The van der Waals surface area contributed by atoms with Crippen LogP contribution < -0.4 is 9.47 Å². The molecule has 2 aromatic rings. The number of morpholine rings is 1. The lowest BCUT2D eigenvalue weighted by atomic mass is 10.2. The summed E-state index contributed by atoms with van der Waals surface area (Å²) in [6.07, 6.45) is 0.906. The van der Waals surface area contributed by atoms with Crippen molar-refractivity contribution in [2.75, 3.05) is 32.9 Å². The predicted molar refractivity (Wildman–Crippen MR) is 119 cm³/mol. The van der Waals surface area contributed by atoms with Crippen molar-refractivity contribution in [2.45, 2.75) is 45.6 Å². The summed E-state index contributed by atoms with van der Waals surface area (Å²) in [6.45, 7) is 8.46. The highest BCUT2D eigenvalue weighted by Crippen LogP contribution is 2.17. The molecule has 2 heterocycles. The van der Waals surface area contributed by atoms with E-state index in [4.69, 9.17) is 25.8 Å². The van der Waals surface area contributed by atoms with Gasteiger partial charge in [0.1, 0.15) is 24.3 Å². The molecule has 1 aromatic carbocycles. The fraction of sp³-hybridized carbons (Fsp3) is 0.522. The molecule has 1 amide bonds. The number of ether oxygens (including phenoxy) is 3. The van der Waals surface area contributed by atoms with Crippen LogP contribution in [0.4, 0.5) is 0 Å². The average molecular weight is 448 g/mol. The summed E-state index contributed by atoms with van der Waals surface area (Å²) in [4.78, 5) is 23.3. The Kier molecular flexibility index (Phi) is 8.49. The van der Waals surface area contributed by atoms with Crippen LogP contribution in [0.15, 0.2) is 30.3 Å². The van der Waals surface area contributed by atoms with Crippen molar-refractivity contribution in [3.8, 4) is 11.6 Å². The molecule has 0 N–H and O–H groups in total. The minimum atomic E-state index is -0.180. The number of carbonyl (C=O) groups excluding carboxylic acids is 1. The molecule has 1 saturated heterocycles. The Morgan fingerprint density at radius 3 is 2.77 bits per heavy atom. The largest absolute Gasteiger partial charge is 0.494 e. The summed E-state index contributed by atoms with van der Waals surface area (Å²) in [6, 6.07) is 9.02. The number of amides is 1. The Morgan fingerprint density at radius 2 is 2.03 bits per heavy atom. The molecule has 0 aliphatic carbocycles. The highest BCUT2D eigenvalue weighted by atomic mass is 35.5. The normalized spacial score (nSPS) is 16.4. The third kappa shape index (κ3) is 7.36. The molecular weight excluding hydrogens is 418 g/mol. The molecule has 8 heteroatoms. The van der Waals surface area contributed by atoms with Crippen LogP contribution >= 0.6 is 11.6 Å². The molecule has 0 bridgehead atoms. The first-order chi connectivity index (χ1) is 14.9. The first-order valence-corrected chi connectivity index (χ1v) is 11.0. The number of hydrogen-bond donors (Lipinski definition) is 0. The zero-order valence-electron chi connectivity index (χ0n) is 18.3. The number of rotatable bonds is 9. The van der Waals surface area contributed by atoms with E-state index in [0.29, 0.717) is 56.7 Å². The summed E-state index contributed by atoms with van der Waals surface area (Å²) < 4.78 is 17.3. The van der Waals surface area contributed by atoms with Crippen LogP contribution in [-0.2, 0) is 9.53 Å². The Morgan fingerprint density at radius 1 is 1.26 bits per heavy atom. The summed E-state index contributed by atoms with van der Waals surface area (Å²) >= 11 is 5.86. The smallest absolute Gasteiger partial charge is 0.222 e. The van der Waals surface area contributed by atoms with E-state index < -0.39 is 0 Å². The average Bonchev–Trinajstić information content (AvgIpc) is 2.76. The maximum absolute atomic E-state index is 12.6. The lowest BCUT2D eigenvalue weighted by Crippen LogP contribution is -2.47. The molecule has 0 spiro atoms. The molecule has 1 atom stereocenters. The molecule has 1 fully saturated rings. The Balaban J connectivity index is 1.41. The maximum atomic E-state index is 12.6. The van der Waals surface area contributed by atoms with Crippen LogP contribution in [0.5, 0.6) is 11.6 Å². The third-order valence-corrected chi connectivity index (χ3v) is 5.14. The standard InChI is InChI=1S/C23H30ClN3O4/c1-16(2)23-25-17(3)13-21(26-23)31-15-20-14-27(10-12-30-20)22(28)5-4-11-29-19-8-6-18(24)7-9-19/h6-9,13,16,20H,4-5,10-12,14-15H2,1-3H3. The number of halogens is 1. The molecule has 1 aliphatic rings. The van der Waals surface area contributed by atoms with E-state index in [-0.39, 0.29) is 17.9 Å². The Labute approximate surface area is 188 Å². The van der Waals surface area contributed by atoms with Crippen molar-refractivity contribution < 1.29 is 19.0 Å². The van der Waals surface area contributed by atoms with Gasteiger partial charge in [-0.25, -0.2) is 4.98 Å². The molecular formula is C23H30ClN3O4. The molecule has 7 nitrogen and oxygen atoms in total. The Bertz CT molecular complexity index is 860. The van der Waals surface area contributed by atoms with Gasteiger partial charge in [-0.15, -0.1) is 0 Å². The molecule has 31 heavy (non-hydrogen) atoms. The van der Waals surface area contributed by atoms with Crippen molar-refractivity contribution in [3.63, 3.8) is 0 Å². The molecule has 1 unspecified atom stereocenters. The maximum Gasteiger partial charge on any atom is 0.222 e. The molecule has 0 saturated carbocycles. The van der Waals surface area contributed by atoms with Crippen LogP contribution in [0, 0.1) is 6.92 Å². The third-order valence-electron chi connectivity index (χ3n) is 4.89. The van der Waals surface area contributed by atoms with Crippen molar-refractivity contribution in [3.05, 3.63) is 46.9 Å². The summed E-state index contributed by atoms with van der Waals surface area (Å²) in [5.74, 6) is 2.39. The topological polar surface area (TPSA) is 73.8 Å². The SMILES string of the molecule is Cc1cc(OCC2CN(C(=O)CCCOc3ccc(Cl)cc3)CCO2)nc(C(C)C)n1. The number of aryl methyl sites for hydroxylation is 1. The van der Waals surface area contributed by atoms with Gasteiger partial charge in [-0.3, -0.25) is 4.79 Å². The van der Waals surface area contributed by atoms with Crippen molar-refractivity contribution in [1.29, 1.82) is 0 Å². The van der Waals surface area contributed by atoms with Gasteiger partial charge in [-0.2, -0.15) is 4.98 Å². The monoisotopic (exact) mass is 447 g/mol. The predicted octanol–water partition coefficient (Wildman–Crippen LogP) is 4.03. The number of benzene rings is 1. The highest BCUT2D eigenvalue weighted by molar-refractivity contribution is 6.30. The lowest BCUT2D eigenvalue weighted by molar-refractivity contribution is -0.140. The van der Waals surface area contributed by atoms with Gasteiger partial charge < -0.3 is 19.1 Å². The Hall–Kier alpha value is -2.38. The zero-order chi connectivity index (χ0) is 22.2. The van der Waals surface area contributed by atoms with Gasteiger partial charge in [-0.1, -0.05) is 25.4 Å². The van der Waals surface area contributed by atoms with E-state index in [1.165, 1.54) is 0 Å².